The summed E-state index contributed by atoms with van der Waals surface area (Å²) in [6.45, 7) is 6.51. The maximum atomic E-state index is 5.71. The second-order valence-electron chi connectivity index (χ2n) is 7.22. The molecule has 4 nitrogen and oxygen atoms in total. The van der Waals surface area contributed by atoms with E-state index < -0.39 is 0 Å². The molecule has 1 aromatic carbocycles. The molecular weight excluding hydrogens is 352 g/mol. The topological polar surface area (TPSA) is 33.1 Å². The lowest BCUT2D eigenvalue weighted by molar-refractivity contribution is 0.262. The average molecular weight is 377 g/mol. The number of aryl methyl sites for hydroxylation is 1. The Balaban J connectivity index is 1.86. The second kappa shape index (κ2) is 7.16. The van der Waals surface area contributed by atoms with Crippen molar-refractivity contribution in [3.8, 4) is 5.69 Å². The van der Waals surface area contributed by atoms with E-state index in [0.717, 1.165) is 10.8 Å². The number of hydrogen-bond acceptors (Lipinski definition) is 2. The van der Waals surface area contributed by atoms with E-state index in [1.807, 2.05) is 18.3 Å². The third kappa shape index (κ3) is 3.12. The Kier molecular flexibility index (Phi) is 4.70. The van der Waals surface area contributed by atoms with Crippen molar-refractivity contribution in [3.05, 3.63) is 83.9 Å². The first kappa shape index (κ1) is 17.7. The second-order valence-corrected chi connectivity index (χ2v) is 7.60. The van der Waals surface area contributed by atoms with E-state index in [-0.39, 0.29) is 18.1 Å². The van der Waals surface area contributed by atoms with E-state index in [1.165, 1.54) is 16.9 Å². The molecule has 0 radical (unpaired) electrons. The highest BCUT2D eigenvalue weighted by Gasteiger charge is 2.42. The molecule has 1 saturated heterocycles. The Labute approximate surface area is 165 Å². The summed E-state index contributed by atoms with van der Waals surface area (Å²) in [6.07, 6.45) is 3.97. The number of hydrogen-bond donors (Lipinski definition) is 1. The van der Waals surface area contributed by atoms with E-state index in [0.29, 0.717) is 0 Å². The lowest BCUT2D eigenvalue weighted by Crippen LogP contribution is -2.36. The molecule has 5 heteroatoms. The fraction of sp³-hybridized carbons (Fsp3) is 0.273. The Morgan fingerprint density at radius 1 is 1.04 bits per heavy atom. The Bertz CT molecular complexity index is 948. The van der Waals surface area contributed by atoms with Gasteiger partial charge in [-0.05, 0) is 68.9 Å². The molecule has 0 unspecified atom stereocenters. The van der Waals surface area contributed by atoms with Crippen molar-refractivity contribution >= 4 is 17.3 Å². The van der Waals surface area contributed by atoms with E-state index >= 15 is 0 Å². The Hall–Kier alpha value is -2.66. The molecule has 0 saturated carbocycles. The van der Waals surface area contributed by atoms with Crippen LogP contribution in [-0.4, -0.2) is 25.6 Å². The smallest absolute Gasteiger partial charge is 0.170 e. The summed E-state index contributed by atoms with van der Waals surface area (Å²) < 4.78 is 2.28. The molecule has 1 aliphatic rings. The van der Waals surface area contributed by atoms with Crippen LogP contribution >= 0.6 is 12.2 Å². The van der Waals surface area contributed by atoms with Gasteiger partial charge in [0.1, 0.15) is 0 Å². The van der Waals surface area contributed by atoms with Crippen LogP contribution in [-0.2, 0) is 0 Å². The fourth-order valence-electron chi connectivity index (χ4n) is 3.93. The van der Waals surface area contributed by atoms with Gasteiger partial charge in [0.2, 0.25) is 0 Å². The minimum atomic E-state index is 0.0127. The molecule has 1 aliphatic heterocycles. The van der Waals surface area contributed by atoms with Gasteiger partial charge in [-0.15, -0.1) is 0 Å². The minimum absolute atomic E-state index is 0.0127. The van der Waals surface area contributed by atoms with Crippen LogP contribution in [0.3, 0.4) is 0 Å². The zero-order valence-electron chi connectivity index (χ0n) is 15.8. The summed E-state index contributed by atoms with van der Waals surface area (Å²) in [7, 11) is 0. The molecule has 2 aromatic heterocycles. The minimum Gasteiger partial charge on any atom is -0.352 e. The van der Waals surface area contributed by atoms with Gasteiger partial charge in [0.15, 0.2) is 5.11 Å². The molecular formula is C22H24N4S. The third-order valence-electron chi connectivity index (χ3n) is 5.15. The van der Waals surface area contributed by atoms with Crippen LogP contribution < -0.4 is 5.32 Å². The number of rotatable bonds is 4. The van der Waals surface area contributed by atoms with Crippen LogP contribution in [0.5, 0.6) is 0 Å². The molecule has 1 N–H and O–H groups in total. The quantitative estimate of drug-likeness (QED) is 0.677. The van der Waals surface area contributed by atoms with Crippen LogP contribution in [0.4, 0.5) is 0 Å². The molecule has 27 heavy (non-hydrogen) atoms. The fourth-order valence-corrected chi connectivity index (χ4v) is 4.38. The molecule has 3 aromatic rings. The van der Waals surface area contributed by atoms with Gasteiger partial charge in [-0.1, -0.05) is 24.3 Å². The molecule has 4 rings (SSSR count). The summed E-state index contributed by atoms with van der Waals surface area (Å²) in [5.74, 6) is 0. The van der Waals surface area contributed by atoms with E-state index in [1.54, 1.807) is 0 Å². The number of benzene rings is 1. The maximum Gasteiger partial charge on any atom is 0.170 e. The summed E-state index contributed by atoms with van der Waals surface area (Å²) in [4.78, 5) is 6.90. The Morgan fingerprint density at radius 2 is 1.81 bits per heavy atom. The number of nitrogens with zero attached hydrogens (tertiary/aromatic N) is 3. The maximum absolute atomic E-state index is 5.71. The van der Waals surface area contributed by atoms with Gasteiger partial charge >= 0.3 is 0 Å². The highest BCUT2D eigenvalue weighted by atomic mass is 32.1. The van der Waals surface area contributed by atoms with Crippen LogP contribution in [0.15, 0.2) is 67.0 Å². The molecule has 1 fully saturated rings. The highest BCUT2D eigenvalue weighted by Crippen LogP contribution is 2.40. The van der Waals surface area contributed by atoms with Crippen LogP contribution in [0.25, 0.3) is 5.69 Å². The summed E-state index contributed by atoms with van der Waals surface area (Å²) in [5, 5.41) is 4.30. The van der Waals surface area contributed by atoms with Gasteiger partial charge in [-0.25, -0.2) is 0 Å². The van der Waals surface area contributed by atoms with Crippen molar-refractivity contribution in [2.75, 3.05) is 0 Å². The van der Waals surface area contributed by atoms with Crippen LogP contribution in [0, 0.1) is 6.92 Å². The average Bonchev–Trinajstić information content (AvgIpc) is 3.26. The third-order valence-corrected chi connectivity index (χ3v) is 5.48. The molecule has 0 spiro atoms. The standard InChI is InChI=1S/C22H24N4S/c1-15(2)26-21(20(24-22(26)27)17-10-6-7-13-23-17)19-12-8-14-25(19)18-11-5-4-9-16(18)3/h4-15,20-21H,1-3H3,(H,24,27)/t20-,21-/m0/s1. The van der Waals surface area contributed by atoms with Crippen molar-refractivity contribution in [1.82, 2.24) is 19.8 Å². The SMILES string of the molecule is Cc1ccccc1-n1cccc1[C@H]1[C@H](c2ccccn2)NC(=S)N1C(C)C. The van der Waals surface area contributed by atoms with Crippen molar-refractivity contribution in [3.63, 3.8) is 0 Å². The van der Waals surface area contributed by atoms with Gasteiger partial charge < -0.3 is 14.8 Å². The van der Waals surface area contributed by atoms with Crippen molar-refractivity contribution in [2.45, 2.75) is 38.9 Å². The number of aromatic nitrogens is 2. The highest BCUT2D eigenvalue weighted by molar-refractivity contribution is 7.80. The number of nitrogens with one attached hydrogen (secondary N) is 1. The van der Waals surface area contributed by atoms with Crippen molar-refractivity contribution in [1.29, 1.82) is 0 Å². The monoisotopic (exact) mass is 376 g/mol. The number of thiocarbonyl (C=S) groups is 1. The molecule has 0 aliphatic carbocycles. The van der Waals surface area contributed by atoms with E-state index in [2.05, 4.69) is 89.2 Å². The number of pyridine rings is 1. The Morgan fingerprint density at radius 3 is 2.52 bits per heavy atom. The normalized spacial score (nSPS) is 19.6. The first-order valence-electron chi connectivity index (χ1n) is 9.31. The predicted molar refractivity (Wildman–Crippen MR) is 113 cm³/mol. The summed E-state index contributed by atoms with van der Waals surface area (Å²) in [5.41, 5.74) is 4.65. The van der Waals surface area contributed by atoms with Crippen LogP contribution in [0.2, 0.25) is 0 Å². The van der Waals surface area contributed by atoms with Gasteiger partial charge in [-0.2, -0.15) is 0 Å². The summed E-state index contributed by atoms with van der Waals surface area (Å²) in [6, 6.07) is 19.2. The first-order chi connectivity index (χ1) is 13.1. The zero-order valence-corrected chi connectivity index (χ0v) is 16.6. The molecule has 2 atom stereocenters. The van der Waals surface area contributed by atoms with Gasteiger partial charge in [0, 0.05) is 29.8 Å². The zero-order chi connectivity index (χ0) is 19.0. The number of para-hydroxylation sites is 1. The first-order valence-corrected chi connectivity index (χ1v) is 9.72. The lowest BCUT2D eigenvalue weighted by Gasteiger charge is -2.32. The largest absolute Gasteiger partial charge is 0.352 e. The molecule has 3 heterocycles. The van der Waals surface area contributed by atoms with E-state index in [9.17, 15) is 0 Å². The molecule has 0 amide bonds. The molecule has 138 valence electrons. The van der Waals surface area contributed by atoms with Gasteiger partial charge in [0.05, 0.1) is 17.8 Å². The molecule has 0 bridgehead atoms. The van der Waals surface area contributed by atoms with Crippen molar-refractivity contribution < 1.29 is 0 Å². The van der Waals surface area contributed by atoms with E-state index in [4.69, 9.17) is 12.2 Å². The van der Waals surface area contributed by atoms with Crippen LogP contribution in [0.1, 0.15) is 42.9 Å². The predicted octanol–water partition coefficient (Wildman–Crippen LogP) is 4.56. The lowest BCUT2D eigenvalue weighted by atomic mass is 10.00. The van der Waals surface area contributed by atoms with Gasteiger partial charge in [-0.3, -0.25) is 4.98 Å². The van der Waals surface area contributed by atoms with Crippen molar-refractivity contribution in [2.24, 2.45) is 0 Å². The van der Waals surface area contributed by atoms with Gasteiger partial charge in [0.25, 0.3) is 0 Å². The summed E-state index contributed by atoms with van der Waals surface area (Å²) >= 11 is 5.71.